The van der Waals surface area contributed by atoms with E-state index in [-0.39, 0.29) is 0 Å². The number of hydrogen-bond acceptors (Lipinski definition) is 4. The molecular weight excluding hydrogens is 328 g/mol. The molecular formula is C20H30N4O2. The van der Waals surface area contributed by atoms with Gasteiger partial charge < -0.3 is 25.0 Å². The van der Waals surface area contributed by atoms with E-state index in [2.05, 4.69) is 38.7 Å². The molecule has 0 amide bonds. The molecule has 6 heteroatoms. The molecule has 0 saturated carbocycles. The molecule has 1 atom stereocenters. The first-order valence-corrected chi connectivity index (χ1v) is 9.41. The highest BCUT2D eigenvalue weighted by Gasteiger charge is 2.25. The highest BCUT2D eigenvalue weighted by molar-refractivity contribution is 5.80. The third-order valence-corrected chi connectivity index (χ3v) is 4.97. The number of guanidine groups is 1. The first-order chi connectivity index (χ1) is 12.8. The highest BCUT2D eigenvalue weighted by Crippen LogP contribution is 2.30. The van der Waals surface area contributed by atoms with Gasteiger partial charge in [0.25, 0.3) is 0 Å². The number of methoxy groups -OCH3 is 1. The lowest BCUT2D eigenvalue weighted by molar-refractivity contribution is 0.153. The van der Waals surface area contributed by atoms with Gasteiger partial charge in [-0.1, -0.05) is 23.8 Å². The van der Waals surface area contributed by atoms with Gasteiger partial charge in [-0.15, -0.1) is 0 Å². The van der Waals surface area contributed by atoms with E-state index in [1.165, 1.54) is 5.57 Å². The zero-order valence-electron chi connectivity index (χ0n) is 15.8. The standard InChI is InChI=1S/C20H30N4O2/c1-21-20(22-11-7-16-9-13-26-14-10-16)23-17-8-12-24(15-17)18-5-3-4-6-19(18)25-2/h3-6,9,17H,7-8,10-15H2,1-2H3,(H2,21,22,23). The maximum atomic E-state index is 5.49. The summed E-state index contributed by atoms with van der Waals surface area (Å²) in [5.74, 6) is 1.81. The zero-order valence-corrected chi connectivity index (χ0v) is 15.8. The summed E-state index contributed by atoms with van der Waals surface area (Å²) in [5, 5.41) is 6.99. The van der Waals surface area contributed by atoms with Crippen LogP contribution in [-0.2, 0) is 4.74 Å². The van der Waals surface area contributed by atoms with Crippen LogP contribution < -0.4 is 20.3 Å². The van der Waals surface area contributed by atoms with Crippen molar-refractivity contribution in [1.82, 2.24) is 10.6 Å². The average molecular weight is 358 g/mol. The number of para-hydroxylation sites is 2. The van der Waals surface area contributed by atoms with E-state index < -0.39 is 0 Å². The van der Waals surface area contributed by atoms with Crippen molar-refractivity contribution in [2.24, 2.45) is 4.99 Å². The number of nitrogens with one attached hydrogen (secondary N) is 2. The van der Waals surface area contributed by atoms with Crippen LogP contribution in [0, 0.1) is 0 Å². The summed E-state index contributed by atoms with van der Waals surface area (Å²) < 4.78 is 10.8. The summed E-state index contributed by atoms with van der Waals surface area (Å²) >= 11 is 0. The molecule has 1 unspecified atom stereocenters. The Labute approximate surface area is 156 Å². The Morgan fingerprint density at radius 2 is 2.27 bits per heavy atom. The van der Waals surface area contributed by atoms with E-state index in [0.717, 1.165) is 69.5 Å². The SMILES string of the molecule is CN=C(NCCC1=CCOCC1)NC1CCN(c2ccccc2OC)C1. The molecule has 0 aromatic heterocycles. The first-order valence-electron chi connectivity index (χ1n) is 9.41. The molecule has 2 N–H and O–H groups in total. The van der Waals surface area contributed by atoms with Gasteiger partial charge in [-0.05, 0) is 31.4 Å². The lowest BCUT2D eigenvalue weighted by Crippen LogP contribution is -2.45. The van der Waals surface area contributed by atoms with Crippen molar-refractivity contribution in [2.75, 3.05) is 51.9 Å². The molecule has 2 heterocycles. The average Bonchev–Trinajstić information content (AvgIpc) is 3.16. The van der Waals surface area contributed by atoms with E-state index in [4.69, 9.17) is 9.47 Å². The van der Waals surface area contributed by atoms with E-state index in [1.54, 1.807) is 7.11 Å². The molecule has 1 aromatic carbocycles. The van der Waals surface area contributed by atoms with Crippen molar-refractivity contribution < 1.29 is 9.47 Å². The number of hydrogen-bond donors (Lipinski definition) is 2. The smallest absolute Gasteiger partial charge is 0.191 e. The van der Waals surface area contributed by atoms with E-state index >= 15 is 0 Å². The molecule has 2 aliphatic heterocycles. The summed E-state index contributed by atoms with van der Waals surface area (Å²) in [6.45, 7) is 4.46. The Morgan fingerprint density at radius 3 is 3.04 bits per heavy atom. The monoisotopic (exact) mass is 358 g/mol. The molecule has 1 fully saturated rings. The maximum Gasteiger partial charge on any atom is 0.191 e. The summed E-state index contributed by atoms with van der Waals surface area (Å²) in [6, 6.07) is 8.59. The topological polar surface area (TPSA) is 58.1 Å². The maximum absolute atomic E-state index is 5.49. The second kappa shape index (κ2) is 9.48. The highest BCUT2D eigenvalue weighted by atomic mass is 16.5. The zero-order chi connectivity index (χ0) is 18.2. The van der Waals surface area contributed by atoms with Gasteiger partial charge in [0.1, 0.15) is 5.75 Å². The minimum atomic E-state index is 0.383. The summed E-state index contributed by atoms with van der Waals surface area (Å²) in [5.41, 5.74) is 2.64. The lowest BCUT2D eigenvalue weighted by Gasteiger charge is -2.22. The van der Waals surface area contributed by atoms with Crippen LogP contribution in [0.25, 0.3) is 0 Å². The van der Waals surface area contributed by atoms with Crippen LogP contribution in [0.15, 0.2) is 40.9 Å². The first kappa shape index (κ1) is 18.6. The number of aliphatic imine (C=N–C) groups is 1. The van der Waals surface area contributed by atoms with Crippen LogP contribution in [0.5, 0.6) is 5.75 Å². The predicted molar refractivity (Wildman–Crippen MR) is 106 cm³/mol. The fourth-order valence-electron chi connectivity index (χ4n) is 3.51. The molecule has 2 aliphatic rings. The van der Waals surface area contributed by atoms with Crippen LogP contribution >= 0.6 is 0 Å². The van der Waals surface area contributed by atoms with Gasteiger partial charge in [0.15, 0.2) is 5.96 Å². The Morgan fingerprint density at radius 1 is 1.38 bits per heavy atom. The Hall–Kier alpha value is -2.21. The molecule has 0 spiro atoms. The summed E-state index contributed by atoms with van der Waals surface area (Å²) in [7, 11) is 3.56. The summed E-state index contributed by atoms with van der Waals surface area (Å²) in [6.07, 6.45) is 5.37. The van der Waals surface area contributed by atoms with Crippen LogP contribution in [0.1, 0.15) is 19.3 Å². The van der Waals surface area contributed by atoms with Crippen LogP contribution in [0.3, 0.4) is 0 Å². The Bertz CT molecular complexity index is 644. The van der Waals surface area contributed by atoms with Crippen molar-refractivity contribution in [3.8, 4) is 5.75 Å². The van der Waals surface area contributed by atoms with E-state index in [1.807, 2.05) is 19.2 Å². The predicted octanol–water partition coefficient (Wildman–Crippen LogP) is 2.18. The Kier molecular flexibility index (Phi) is 6.77. The number of ether oxygens (including phenoxy) is 2. The van der Waals surface area contributed by atoms with Crippen molar-refractivity contribution in [1.29, 1.82) is 0 Å². The number of rotatable bonds is 6. The fraction of sp³-hybridized carbons (Fsp3) is 0.550. The number of benzene rings is 1. The minimum Gasteiger partial charge on any atom is -0.495 e. The normalized spacial score (nSPS) is 20.7. The second-order valence-corrected chi connectivity index (χ2v) is 6.68. The quantitative estimate of drug-likeness (QED) is 0.464. The third-order valence-electron chi connectivity index (χ3n) is 4.97. The van der Waals surface area contributed by atoms with Crippen molar-refractivity contribution >= 4 is 11.6 Å². The van der Waals surface area contributed by atoms with Gasteiger partial charge >= 0.3 is 0 Å². The van der Waals surface area contributed by atoms with Gasteiger partial charge in [0, 0.05) is 32.7 Å². The van der Waals surface area contributed by atoms with Crippen molar-refractivity contribution in [2.45, 2.75) is 25.3 Å². The van der Waals surface area contributed by atoms with E-state index in [0.29, 0.717) is 6.04 Å². The lowest BCUT2D eigenvalue weighted by atomic mass is 10.1. The molecule has 6 nitrogen and oxygen atoms in total. The van der Waals surface area contributed by atoms with E-state index in [9.17, 15) is 0 Å². The van der Waals surface area contributed by atoms with Gasteiger partial charge in [0.05, 0.1) is 26.0 Å². The van der Waals surface area contributed by atoms with Gasteiger partial charge in [-0.25, -0.2) is 0 Å². The molecule has 0 aliphatic carbocycles. The molecule has 3 rings (SSSR count). The molecule has 142 valence electrons. The molecule has 26 heavy (non-hydrogen) atoms. The molecule has 1 saturated heterocycles. The van der Waals surface area contributed by atoms with Gasteiger partial charge in [-0.3, -0.25) is 4.99 Å². The van der Waals surface area contributed by atoms with Crippen molar-refractivity contribution in [3.63, 3.8) is 0 Å². The minimum absolute atomic E-state index is 0.383. The number of nitrogens with zero attached hydrogens (tertiary/aromatic N) is 2. The van der Waals surface area contributed by atoms with Gasteiger partial charge in [-0.2, -0.15) is 0 Å². The van der Waals surface area contributed by atoms with Crippen LogP contribution in [-0.4, -0.2) is 59.0 Å². The van der Waals surface area contributed by atoms with Crippen LogP contribution in [0.2, 0.25) is 0 Å². The largest absolute Gasteiger partial charge is 0.495 e. The van der Waals surface area contributed by atoms with Gasteiger partial charge in [0.2, 0.25) is 0 Å². The number of anilines is 1. The molecule has 0 bridgehead atoms. The van der Waals surface area contributed by atoms with Crippen molar-refractivity contribution in [3.05, 3.63) is 35.9 Å². The molecule has 1 aromatic rings. The summed E-state index contributed by atoms with van der Waals surface area (Å²) in [4.78, 5) is 6.74. The Balaban J connectivity index is 1.46. The van der Waals surface area contributed by atoms with Crippen LogP contribution in [0.4, 0.5) is 5.69 Å². The fourth-order valence-corrected chi connectivity index (χ4v) is 3.51. The third kappa shape index (κ3) is 4.91. The second-order valence-electron chi connectivity index (χ2n) is 6.68. The molecule has 0 radical (unpaired) electrons.